The third kappa shape index (κ3) is 5.02. The molecule has 8 heteroatoms. The molecular formula is C21H15F4N3O. The van der Waals surface area contributed by atoms with Crippen molar-refractivity contribution >= 4 is 5.91 Å². The first-order valence-corrected chi connectivity index (χ1v) is 8.48. The van der Waals surface area contributed by atoms with Gasteiger partial charge in [0.1, 0.15) is 11.5 Å². The summed E-state index contributed by atoms with van der Waals surface area (Å²) in [4.78, 5) is 12.3. The van der Waals surface area contributed by atoms with E-state index >= 15 is 0 Å². The summed E-state index contributed by atoms with van der Waals surface area (Å²) in [6.45, 7) is -0.0495. The van der Waals surface area contributed by atoms with Crippen molar-refractivity contribution in [2.24, 2.45) is 7.05 Å². The Balaban J connectivity index is 1.65. The van der Waals surface area contributed by atoms with Crippen LogP contribution in [0, 0.1) is 17.7 Å². The van der Waals surface area contributed by atoms with E-state index in [9.17, 15) is 22.4 Å². The third-order valence-electron chi connectivity index (χ3n) is 4.01. The van der Waals surface area contributed by atoms with Crippen molar-refractivity contribution in [2.75, 3.05) is 6.54 Å². The molecule has 2 aromatic carbocycles. The number of carbonyl (C=O) groups excluding carboxylic acids is 1. The molecule has 1 heterocycles. The van der Waals surface area contributed by atoms with Gasteiger partial charge in [-0.3, -0.25) is 9.48 Å². The Kier molecular flexibility index (Phi) is 5.69. The normalized spacial score (nSPS) is 10.9. The van der Waals surface area contributed by atoms with Crippen molar-refractivity contribution in [1.29, 1.82) is 0 Å². The van der Waals surface area contributed by atoms with Crippen LogP contribution in [0.5, 0.6) is 0 Å². The van der Waals surface area contributed by atoms with E-state index in [2.05, 4.69) is 22.3 Å². The van der Waals surface area contributed by atoms with Gasteiger partial charge in [0, 0.05) is 18.2 Å². The topological polar surface area (TPSA) is 46.9 Å². The number of nitrogens with zero attached hydrogens (tertiary/aromatic N) is 2. The van der Waals surface area contributed by atoms with E-state index in [4.69, 9.17) is 0 Å². The molecule has 3 rings (SSSR count). The van der Waals surface area contributed by atoms with E-state index in [1.165, 1.54) is 28.9 Å². The fourth-order valence-electron chi connectivity index (χ4n) is 2.58. The zero-order valence-electron chi connectivity index (χ0n) is 15.2. The van der Waals surface area contributed by atoms with Crippen LogP contribution in [0.2, 0.25) is 0 Å². The summed E-state index contributed by atoms with van der Waals surface area (Å²) >= 11 is 0. The van der Waals surface area contributed by atoms with Crippen LogP contribution in [0.25, 0.3) is 11.3 Å². The Morgan fingerprint density at radius 1 is 1.14 bits per heavy atom. The first kappa shape index (κ1) is 20.1. The number of amides is 1. The summed E-state index contributed by atoms with van der Waals surface area (Å²) < 4.78 is 52.5. The molecule has 0 saturated heterocycles. The van der Waals surface area contributed by atoms with Gasteiger partial charge < -0.3 is 5.32 Å². The smallest absolute Gasteiger partial charge is 0.340 e. The molecule has 1 aromatic heterocycles. The molecule has 0 aliphatic rings. The Bertz CT molecular complexity index is 1090. The van der Waals surface area contributed by atoms with Gasteiger partial charge in [0.2, 0.25) is 0 Å². The van der Waals surface area contributed by atoms with Gasteiger partial charge in [-0.1, -0.05) is 17.9 Å². The first-order valence-electron chi connectivity index (χ1n) is 8.48. The maximum absolute atomic E-state index is 13.0. The highest BCUT2D eigenvalue weighted by atomic mass is 19.4. The van der Waals surface area contributed by atoms with Gasteiger partial charge in [-0.05, 0) is 48.5 Å². The zero-order valence-corrected chi connectivity index (χ0v) is 15.2. The van der Waals surface area contributed by atoms with Crippen LogP contribution in [0.4, 0.5) is 17.6 Å². The summed E-state index contributed by atoms with van der Waals surface area (Å²) in [5, 5.41) is 6.80. The van der Waals surface area contributed by atoms with Gasteiger partial charge in [-0.2, -0.15) is 18.3 Å². The van der Waals surface area contributed by atoms with E-state index in [1.807, 2.05) is 0 Å². The Morgan fingerprint density at radius 2 is 1.86 bits per heavy atom. The number of alkyl halides is 3. The van der Waals surface area contributed by atoms with Gasteiger partial charge in [-0.15, -0.1) is 0 Å². The SMILES string of the molecule is Cn1nc(-c2ccc(F)cc2)cc1C(=O)NCC#Cc1cccc(C(F)(F)F)c1. The molecular weight excluding hydrogens is 386 g/mol. The van der Waals surface area contributed by atoms with E-state index in [0.717, 1.165) is 12.1 Å². The summed E-state index contributed by atoms with van der Waals surface area (Å²) in [7, 11) is 1.59. The van der Waals surface area contributed by atoms with Gasteiger partial charge in [0.25, 0.3) is 5.91 Å². The third-order valence-corrected chi connectivity index (χ3v) is 4.01. The van der Waals surface area contributed by atoms with Crippen LogP contribution in [0.1, 0.15) is 21.6 Å². The number of aromatic nitrogens is 2. The lowest BCUT2D eigenvalue weighted by Crippen LogP contribution is -2.25. The number of nitrogens with one attached hydrogen (secondary N) is 1. The first-order chi connectivity index (χ1) is 13.7. The second kappa shape index (κ2) is 8.19. The van der Waals surface area contributed by atoms with Gasteiger partial charge in [-0.25, -0.2) is 4.39 Å². The lowest BCUT2D eigenvalue weighted by Gasteiger charge is -2.05. The standard InChI is InChI=1S/C21H15F4N3O/c1-28-19(13-18(27-28)15-7-9-17(22)10-8-15)20(29)26-11-3-5-14-4-2-6-16(12-14)21(23,24)25/h2,4,6-10,12-13H,11H2,1H3,(H,26,29). The van der Waals surface area contributed by atoms with Crippen molar-refractivity contribution in [3.05, 3.63) is 77.2 Å². The lowest BCUT2D eigenvalue weighted by atomic mass is 10.1. The average Bonchev–Trinajstić information content (AvgIpc) is 3.07. The second-order valence-corrected chi connectivity index (χ2v) is 6.11. The molecule has 0 aliphatic carbocycles. The Hall–Kier alpha value is -3.60. The van der Waals surface area contributed by atoms with Crippen molar-refractivity contribution in [3.8, 4) is 23.1 Å². The van der Waals surface area contributed by atoms with E-state index in [-0.39, 0.29) is 23.6 Å². The number of halogens is 4. The van der Waals surface area contributed by atoms with Crippen molar-refractivity contribution in [2.45, 2.75) is 6.18 Å². The number of benzene rings is 2. The molecule has 4 nitrogen and oxygen atoms in total. The minimum atomic E-state index is -4.44. The molecule has 0 radical (unpaired) electrons. The molecule has 148 valence electrons. The van der Waals surface area contributed by atoms with Crippen LogP contribution in [0.15, 0.2) is 54.6 Å². The molecule has 0 bridgehead atoms. The van der Waals surface area contributed by atoms with Crippen LogP contribution in [0.3, 0.4) is 0 Å². The minimum Gasteiger partial charge on any atom is -0.340 e. The van der Waals surface area contributed by atoms with E-state index in [0.29, 0.717) is 11.3 Å². The van der Waals surface area contributed by atoms with Gasteiger partial charge in [0.05, 0.1) is 17.8 Å². The van der Waals surface area contributed by atoms with Crippen LogP contribution >= 0.6 is 0 Å². The molecule has 1 N–H and O–H groups in total. The highest BCUT2D eigenvalue weighted by Crippen LogP contribution is 2.29. The number of carbonyl (C=O) groups is 1. The summed E-state index contributed by atoms with van der Waals surface area (Å²) in [6.07, 6.45) is -4.44. The lowest BCUT2D eigenvalue weighted by molar-refractivity contribution is -0.137. The molecule has 0 spiro atoms. The zero-order chi connectivity index (χ0) is 21.0. The quantitative estimate of drug-likeness (QED) is 0.532. The van der Waals surface area contributed by atoms with Crippen LogP contribution in [-0.2, 0) is 13.2 Å². The fourth-order valence-corrected chi connectivity index (χ4v) is 2.58. The predicted molar refractivity (Wildman–Crippen MR) is 99.3 cm³/mol. The molecule has 0 atom stereocenters. The molecule has 0 unspecified atom stereocenters. The predicted octanol–water partition coefficient (Wildman–Crippen LogP) is 4.03. The summed E-state index contributed by atoms with van der Waals surface area (Å²) in [6, 6.07) is 11.9. The highest BCUT2D eigenvalue weighted by molar-refractivity contribution is 5.93. The Morgan fingerprint density at radius 3 is 2.55 bits per heavy atom. The van der Waals surface area contributed by atoms with Crippen LogP contribution in [-0.4, -0.2) is 22.2 Å². The molecule has 1 amide bonds. The average molecular weight is 401 g/mol. The summed E-state index contributed by atoms with van der Waals surface area (Å²) in [5.74, 6) is 4.41. The Labute approximate surface area is 164 Å². The molecule has 0 aliphatic heterocycles. The maximum Gasteiger partial charge on any atom is 0.416 e. The molecule has 0 fully saturated rings. The second-order valence-electron chi connectivity index (χ2n) is 6.11. The fraction of sp³-hybridized carbons (Fsp3) is 0.143. The molecule has 0 saturated carbocycles. The van der Waals surface area contributed by atoms with Crippen molar-refractivity contribution in [3.63, 3.8) is 0 Å². The number of rotatable bonds is 3. The minimum absolute atomic E-state index is 0.0495. The molecule has 3 aromatic rings. The van der Waals surface area contributed by atoms with Crippen molar-refractivity contribution in [1.82, 2.24) is 15.1 Å². The highest BCUT2D eigenvalue weighted by Gasteiger charge is 2.30. The number of aryl methyl sites for hydroxylation is 1. The van der Waals surface area contributed by atoms with Crippen LogP contribution < -0.4 is 5.32 Å². The summed E-state index contributed by atoms with van der Waals surface area (Å²) in [5.41, 5.74) is 0.855. The number of hydrogen-bond acceptors (Lipinski definition) is 2. The van der Waals surface area contributed by atoms with E-state index in [1.54, 1.807) is 25.2 Å². The van der Waals surface area contributed by atoms with Crippen molar-refractivity contribution < 1.29 is 22.4 Å². The monoisotopic (exact) mass is 401 g/mol. The van der Waals surface area contributed by atoms with E-state index < -0.39 is 17.6 Å². The van der Waals surface area contributed by atoms with Gasteiger partial charge in [0.15, 0.2) is 0 Å². The van der Waals surface area contributed by atoms with Gasteiger partial charge >= 0.3 is 6.18 Å². The number of hydrogen-bond donors (Lipinski definition) is 1. The largest absolute Gasteiger partial charge is 0.416 e. The molecule has 29 heavy (non-hydrogen) atoms. The maximum atomic E-state index is 13.0.